The van der Waals surface area contributed by atoms with Gasteiger partial charge in [-0.2, -0.15) is 0 Å². The third-order valence-corrected chi connectivity index (χ3v) is 7.38. The topological polar surface area (TPSA) is 46.9 Å². The number of aromatic nitrogens is 2. The number of hydrogen-bond donors (Lipinski definition) is 1. The molecule has 0 spiro atoms. The molecule has 0 aliphatic heterocycles. The van der Waals surface area contributed by atoms with Crippen LogP contribution in [0.1, 0.15) is 62.9 Å². The molecule has 3 aliphatic rings. The van der Waals surface area contributed by atoms with E-state index in [2.05, 4.69) is 35.6 Å². The molecule has 1 aromatic heterocycles. The largest absolute Gasteiger partial charge is 0.353 e. The molecule has 0 aromatic carbocycles. The second kappa shape index (κ2) is 6.40. The summed E-state index contributed by atoms with van der Waals surface area (Å²) in [6.45, 7) is 6.41. The Morgan fingerprint density at radius 1 is 1.29 bits per heavy atom. The van der Waals surface area contributed by atoms with E-state index in [1.807, 2.05) is 0 Å². The minimum Gasteiger partial charge on any atom is -0.353 e. The Hall–Kier alpha value is -0.970. The highest BCUT2D eigenvalue weighted by Crippen LogP contribution is 2.49. The van der Waals surface area contributed by atoms with Crippen molar-refractivity contribution < 1.29 is 4.79 Å². The second-order valence-corrected chi connectivity index (χ2v) is 9.09. The monoisotopic (exact) mass is 347 g/mol. The Kier molecular flexibility index (Phi) is 4.40. The first-order chi connectivity index (χ1) is 11.5. The van der Waals surface area contributed by atoms with Gasteiger partial charge in [-0.25, -0.2) is 4.98 Å². The molecule has 1 amide bonds. The van der Waals surface area contributed by atoms with Crippen LogP contribution in [0.3, 0.4) is 0 Å². The number of imidazole rings is 1. The van der Waals surface area contributed by atoms with Gasteiger partial charge in [0.25, 0.3) is 0 Å². The van der Waals surface area contributed by atoms with E-state index >= 15 is 0 Å². The predicted molar refractivity (Wildman–Crippen MR) is 97.2 cm³/mol. The zero-order valence-electron chi connectivity index (χ0n) is 15.0. The third kappa shape index (κ3) is 3.12. The maximum absolute atomic E-state index is 12.4. The number of thioether (sulfide) groups is 1. The summed E-state index contributed by atoms with van der Waals surface area (Å²) in [6, 6.07) is 0.935. The van der Waals surface area contributed by atoms with Gasteiger partial charge in [0.2, 0.25) is 5.91 Å². The molecule has 1 heterocycles. The molecular weight excluding hydrogens is 318 g/mol. The molecular formula is C19H29N3OS. The lowest BCUT2D eigenvalue weighted by Gasteiger charge is -2.28. The number of rotatable bonds is 6. The van der Waals surface area contributed by atoms with Gasteiger partial charge in [-0.15, -0.1) is 0 Å². The van der Waals surface area contributed by atoms with Gasteiger partial charge in [-0.05, 0) is 70.6 Å². The number of carbonyl (C=O) groups is 1. The number of nitrogens with one attached hydrogen (secondary N) is 1. The first-order valence-electron chi connectivity index (χ1n) is 9.50. The lowest BCUT2D eigenvalue weighted by molar-refractivity contribution is -0.119. The minimum absolute atomic E-state index is 0.163. The van der Waals surface area contributed by atoms with Crippen molar-refractivity contribution in [3.63, 3.8) is 0 Å². The summed E-state index contributed by atoms with van der Waals surface area (Å²) in [5, 5.41) is 4.29. The van der Waals surface area contributed by atoms with E-state index in [4.69, 9.17) is 0 Å². The SMILES string of the molecule is Cc1nc(SCC(=O)NC(C)C2CC3CCC2C3)n(C2CC2)c1C. The Morgan fingerprint density at radius 3 is 2.71 bits per heavy atom. The maximum Gasteiger partial charge on any atom is 0.230 e. The van der Waals surface area contributed by atoms with Crippen LogP contribution < -0.4 is 5.32 Å². The zero-order chi connectivity index (χ0) is 16.8. The van der Waals surface area contributed by atoms with Crippen LogP contribution in [-0.4, -0.2) is 27.3 Å². The molecule has 24 heavy (non-hydrogen) atoms. The second-order valence-electron chi connectivity index (χ2n) is 8.15. The number of amides is 1. The fraction of sp³-hybridized carbons (Fsp3) is 0.789. The summed E-state index contributed by atoms with van der Waals surface area (Å²) in [5.41, 5.74) is 2.36. The van der Waals surface area contributed by atoms with Crippen molar-refractivity contribution in [1.82, 2.24) is 14.9 Å². The van der Waals surface area contributed by atoms with E-state index in [-0.39, 0.29) is 5.91 Å². The quantitative estimate of drug-likeness (QED) is 0.795. The van der Waals surface area contributed by atoms with Crippen LogP contribution in [0.4, 0.5) is 0 Å². The molecule has 4 rings (SSSR count). The smallest absolute Gasteiger partial charge is 0.230 e. The van der Waals surface area contributed by atoms with Gasteiger partial charge < -0.3 is 9.88 Å². The molecule has 0 radical (unpaired) electrons. The van der Waals surface area contributed by atoms with E-state index in [1.54, 1.807) is 11.8 Å². The van der Waals surface area contributed by atoms with Gasteiger partial charge in [0, 0.05) is 17.8 Å². The van der Waals surface area contributed by atoms with Crippen molar-refractivity contribution in [3.05, 3.63) is 11.4 Å². The highest BCUT2D eigenvalue weighted by Gasteiger charge is 2.42. The van der Waals surface area contributed by atoms with E-state index in [1.165, 1.54) is 44.2 Å². The minimum atomic E-state index is 0.163. The maximum atomic E-state index is 12.4. The summed E-state index contributed by atoms with van der Waals surface area (Å²) in [5.74, 6) is 3.14. The number of aryl methyl sites for hydroxylation is 1. The molecule has 3 saturated carbocycles. The molecule has 0 saturated heterocycles. The zero-order valence-corrected chi connectivity index (χ0v) is 15.9. The van der Waals surface area contributed by atoms with Crippen LogP contribution in [0.5, 0.6) is 0 Å². The van der Waals surface area contributed by atoms with E-state index in [0.717, 1.165) is 22.7 Å². The van der Waals surface area contributed by atoms with Crippen LogP contribution in [0.2, 0.25) is 0 Å². The fourth-order valence-corrected chi connectivity index (χ4v) is 5.87. The fourth-order valence-electron chi connectivity index (χ4n) is 4.90. The Labute approximate surface area is 149 Å². The van der Waals surface area contributed by atoms with Crippen LogP contribution >= 0.6 is 11.8 Å². The van der Waals surface area contributed by atoms with E-state index < -0.39 is 0 Å². The van der Waals surface area contributed by atoms with Gasteiger partial charge in [-0.1, -0.05) is 18.2 Å². The van der Waals surface area contributed by atoms with Crippen LogP contribution in [-0.2, 0) is 4.79 Å². The third-order valence-electron chi connectivity index (χ3n) is 6.42. The van der Waals surface area contributed by atoms with Gasteiger partial charge in [0.15, 0.2) is 5.16 Å². The summed E-state index contributed by atoms with van der Waals surface area (Å²) in [6.07, 6.45) is 8.01. The molecule has 3 aliphatic carbocycles. The molecule has 4 unspecified atom stereocenters. The molecule has 1 aromatic rings. The summed E-state index contributed by atoms with van der Waals surface area (Å²) in [7, 11) is 0. The van der Waals surface area contributed by atoms with Gasteiger partial charge in [0.1, 0.15) is 0 Å². The van der Waals surface area contributed by atoms with Crippen molar-refractivity contribution in [2.75, 3.05) is 5.75 Å². The molecule has 4 atom stereocenters. The first-order valence-corrected chi connectivity index (χ1v) is 10.5. The van der Waals surface area contributed by atoms with Crippen molar-refractivity contribution in [3.8, 4) is 0 Å². The lowest BCUT2D eigenvalue weighted by atomic mass is 9.84. The lowest BCUT2D eigenvalue weighted by Crippen LogP contribution is -2.40. The number of nitrogens with zero attached hydrogens (tertiary/aromatic N) is 2. The molecule has 2 bridgehead atoms. The first kappa shape index (κ1) is 16.5. The van der Waals surface area contributed by atoms with Crippen LogP contribution in [0.25, 0.3) is 0 Å². The Bertz CT molecular complexity index is 637. The molecule has 5 heteroatoms. The summed E-state index contributed by atoms with van der Waals surface area (Å²) in [4.78, 5) is 17.1. The molecule has 3 fully saturated rings. The molecule has 1 N–H and O–H groups in total. The number of carbonyl (C=O) groups excluding carboxylic acids is 1. The standard InChI is InChI=1S/C19H29N3OS/c1-11-13(3)22(16-6-7-16)19(21-11)24-10-18(23)20-12(2)17-9-14-4-5-15(17)8-14/h12,14-17H,4-10H2,1-3H3,(H,20,23). The van der Waals surface area contributed by atoms with Crippen molar-refractivity contribution in [2.45, 2.75) is 76.5 Å². The average Bonchev–Trinajstić information content (AvgIpc) is 3.03. The van der Waals surface area contributed by atoms with Crippen LogP contribution in [0, 0.1) is 31.6 Å². The normalized spacial score (nSPS) is 29.9. The number of hydrogen-bond acceptors (Lipinski definition) is 3. The van der Waals surface area contributed by atoms with Gasteiger partial charge >= 0.3 is 0 Å². The highest BCUT2D eigenvalue weighted by atomic mass is 32.2. The highest BCUT2D eigenvalue weighted by molar-refractivity contribution is 7.99. The molecule has 132 valence electrons. The van der Waals surface area contributed by atoms with E-state index in [0.29, 0.717) is 23.8 Å². The Balaban J connectivity index is 1.31. The van der Waals surface area contributed by atoms with Gasteiger partial charge in [0.05, 0.1) is 11.4 Å². The van der Waals surface area contributed by atoms with Crippen molar-refractivity contribution in [2.24, 2.45) is 17.8 Å². The summed E-state index contributed by atoms with van der Waals surface area (Å²) >= 11 is 1.60. The Morgan fingerprint density at radius 2 is 2.08 bits per heavy atom. The van der Waals surface area contributed by atoms with Crippen molar-refractivity contribution in [1.29, 1.82) is 0 Å². The molecule has 4 nitrogen and oxygen atoms in total. The predicted octanol–water partition coefficient (Wildman–Crippen LogP) is 3.87. The average molecular weight is 348 g/mol. The number of fused-ring (bicyclic) bond motifs is 2. The van der Waals surface area contributed by atoms with Crippen molar-refractivity contribution >= 4 is 17.7 Å². The van der Waals surface area contributed by atoms with E-state index in [9.17, 15) is 4.79 Å². The van der Waals surface area contributed by atoms with Crippen LogP contribution in [0.15, 0.2) is 5.16 Å². The van der Waals surface area contributed by atoms with Gasteiger partial charge in [-0.3, -0.25) is 4.79 Å². The summed E-state index contributed by atoms with van der Waals surface area (Å²) < 4.78 is 2.34.